The highest BCUT2D eigenvalue weighted by Crippen LogP contribution is 2.65. The van der Waals surface area contributed by atoms with E-state index in [2.05, 4.69) is 0 Å². The average molecular weight is 188 g/mol. The van der Waals surface area contributed by atoms with Crippen molar-refractivity contribution in [3.63, 3.8) is 0 Å². The van der Waals surface area contributed by atoms with Crippen LogP contribution >= 0.6 is 0 Å². The fraction of sp³-hybridized carbons (Fsp3) is 1.00. The maximum Gasteiger partial charge on any atom is 0.256 e. The smallest absolute Gasteiger partial charge is 0.256 e. The third-order valence-electron chi connectivity index (χ3n) is 2.96. The molecule has 1 spiro atoms. The predicted molar refractivity (Wildman–Crippen MR) is 45.2 cm³/mol. The molecule has 4 nitrogen and oxygen atoms in total. The Morgan fingerprint density at radius 1 is 1.46 bits per heavy atom. The number of ether oxygens (including phenoxy) is 4. The van der Waals surface area contributed by atoms with E-state index >= 15 is 0 Å². The Labute approximate surface area is 78.1 Å². The lowest BCUT2D eigenvalue weighted by Gasteiger charge is -2.19. The van der Waals surface area contributed by atoms with Gasteiger partial charge in [-0.2, -0.15) is 0 Å². The largest absolute Gasteiger partial charge is 0.376 e. The Balaban J connectivity index is 2.11. The van der Waals surface area contributed by atoms with Crippen LogP contribution in [0.25, 0.3) is 0 Å². The summed E-state index contributed by atoms with van der Waals surface area (Å²) in [4.78, 5) is 0. The Bertz CT molecular complexity index is 216. The Morgan fingerprint density at radius 2 is 2.08 bits per heavy atom. The minimum Gasteiger partial charge on any atom is -0.376 e. The molecule has 13 heavy (non-hydrogen) atoms. The van der Waals surface area contributed by atoms with E-state index in [1.807, 2.05) is 13.8 Å². The molecular weight excluding hydrogens is 172 g/mol. The van der Waals surface area contributed by atoms with E-state index in [1.165, 1.54) is 0 Å². The quantitative estimate of drug-likeness (QED) is 0.615. The van der Waals surface area contributed by atoms with Crippen LogP contribution in [0.3, 0.4) is 0 Å². The number of methoxy groups -OCH3 is 2. The van der Waals surface area contributed by atoms with Crippen LogP contribution in [-0.4, -0.2) is 38.0 Å². The lowest BCUT2D eigenvalue weighted by Crippen LogP contribution is -2.36. The second kappa shape index (κ2) is 2.67. The Morgan fingerprint density at radius 3 is 2.31 bits per heavy atom. The van der Waals surface area contributed by atoms with Crippen molar-refractivity contribution in [3.05, 3.63) is 0 Å². The molecule has 2 heterocycles. The number of hydrogen-bond donors (Lipinski definition) is 0. The molecular formula is C9H16O4. The van der Waals surface area contributed by atoms with Crippen LogP contribution in [-0.2, 0) is 18.9 Å². The normalized spacial score (nSPS) is 49.4. The molecule has 0 N–H and O–H groups in total. The topological polar surface area (TPSA) is 43.5 Å². The summed E-state index contributed by atoms with van der Waals surface area (Å²) in [7, 11) is 3.29. The van der Waals surface area contributed by atoms with Gasteiger partial charge in [0.25, 0.3) is 11.6 Å². The second-order valence-electron chi connectivity index (χ2n) is 3.53. The van der Waals surface area contributed by atoms with Crippen LogP contribution in [0.1, 0.15) is 20.3 Å². The van der Waals surface area contributed by atoms with Crippen molar-refractivity contribution in [1.29, 1.82) is 0 Å². The standard InChI is InChI=1S/C9H16O4/c1-5-7(10-3)9(11-4)8(13-9)6(2)12-8/h6-7H,5H2,1-4H3. The van der Waals surface area contributed by atoms with Gasteiger partial charge in [0.1, 0.15) is 12.2 Å². The van der Waals surface area contributed by atoms with Crippen LogP contribution in [0.4, 0.5) is 0 Å². The monoisotopic (exact) mass is 188 g/mol. The fourth-order valence-corrected chi connectivity index (χ4v) is 2.10. The highest BCUT2D eigenvalue weighted by Gasteiger charge is 2.88. The van der Waals surface area contributed by atoms with E-state index in [0.29, 0.717) is 0 Å². The lowest BCUT2D eigenvalue weighted by atomic mass is 10.1. The zero-order valence-electron chi connectivity index (χ0n) is 8.49. The minimum absolute atomic E-state index is 0.0533. The van der Waals surface area contributed by atoms with Crippen LogP contribution in [0.15, 0.2) is 0 Å². The fourth-order valence-electron chi connectivity index (χ4n) is 2.10. The average Bonchev–Trinajstić information content (AvgIpc) is 2.96. The first-order valence-corrected chi connectivity index (χ1v) is 4.62. The number of rotatable bonds is 4. The van der Waals surface area contributed by atoms with Crippen LogP contribution in [0.2, 0.25) is 0 Å². The van der Waals surface area contributed by atoms with Crippen LogP contribution < -0.4 is 0 Å². The third kappa shape index (κ3) is 0.944. The van der Waals surface area contributed by atoms with Gasteiger partial charge in [0.15, 0.2) is 0 Å². The summed E-state index contributed by atoms with van der Waals surface area (Å²) in [6.45, 7) is 4.01. The van der Waals surface area contributed by atoms with Gasteiger partial charge in [0.05, 0.1) is 0 Å². The molecule has 0 aromatic rings. The molecule has 4 atom stereocenters. The maximum absolute atomic E-state index is 5.54. The highest BCUT2D eigenvalue weighted by atomic mass is 17.0. The van der Waals surface area contributed by atoms with Gasteiger partial charge >= 0.3 is 0 Å². The van der Waals surface area contributed by atoms with E-state index in [0.717, 1.165) is 6.42 Å². The van der Waals surface area contributed by atoms with Gasteiger partial charge in [-0.1, -0.05) is 6.92 Å². The molecule has 2 aliphatic rings. The SMILES string of the molecule is CCC(OC)C1(OC)OC12OC2C. The minimum atomic E-state index is -0.657. The van der Waals surface area contributed by atoms with E-state index < -0.39 is 11.6 Å². The third-order valence-corrected chi connectivity index (χ3v) is 2.96. The summed E-state index contributed by atoms with van der Waals surface area (Å²) < 4.78 is 21.6. The lowest BCUT2D eigenvalue weighted by molar-refractivity contribution is -0.115. The van der Waals surface area contributed by atoms with Crippen molar-refractivity contribution < 1.29 is 18.9 Å². The molecule has 0 aromatic heterocycles. The molecule has 4 heteroatoms. The zero-order chi connectivity index (χ0) is 9.69. The van der Waals surface area contributed by atoms with Gasteiger partial charge in [-0.3, -0.25) is 0 Å². The summed E-state index contributed by atoms with van der Waals surface area (Å²) in [5.41, 5.74) is 0. The summed E-state index contributed by atoms with van der Waals surface area (Å²) in [5.74, 6) is -1.16. The highest BCUT2D eigenvalue weighted by molar-refractivity contribution is 5.19. The van der Waals surface area contributed by atoms with E-state index in [4.69, 9.17) is 18.9 Å². The molecule has 2 fully saturated rings. The number of hydrogen-bond acceptors (Lipinski definition) is 4. The van der Waals surface area contributed by atoms with Gasteiger partial charge in [-0.15, -0.1) is 0 Å². The maximum atomic E-state index is 5.54. The van der Waals surface area contributed by atoms with Gasteiger partial charge in [0.2, 0.25) is 0 Å². The molecule has 0 aromatic carbocycles. The molecule has 0 amide bonds. The van der Waals surface area contributed by atoms with Gasteiger partial charge < -0.3 is 18.9 Å². The van der Waals surface area contributed by atoms with Crippen molar-refractivity contribution in [3.8, 4) is 0 Å². The zero-order valence-corrected chi connectivity index (χ0v) is 8.49. The van der Waals surface area contributed by atoms with E-state index in [1.54, 1.807) is 14.2 Å². The van der Waals surface area contributed by atoms with Crippen molar-refractivity contribution in [1.82, 2.24) is 0 Å². The number of epoxide rings is 2. The van der Waals surface area contributed by atoms with Crippen molar-refractivity contribution in [2.75, 3.05) is 14.2 Å². The van der Waals surface area contributed by atoms with E-state index in [-0.39, 0.29) is 12.2 Å². The van der Waals surface area contributed by atoms with Gasteiger partial charge in [-0.05, 0) is 13.3 Å². The molecule has 76 valence electrons. The molecule has 0 radical (unpaired) electrons. The van der Waals surface area contributed by atoms with Crippen molar-refractivity contribution in [2.24, 2.45) is 0 Å². The molecule has 0 aliphatic carbocycles. The Kier molecular flexibility index (Phi) is 1.93. The first-order chi connectivity index (χ1) is 6.16. The molecule has 2 aliphatic heterocycles. The molecule has 4 unspecified atom stereocenters. The summed E-state index contributed by atoms with van der Waals surface area (Å²) in [6, 6.07) is 0. The van der Waals surface area contributed by atoms with E-state index in [9.17, 15) is 0 Å². The molecule has 2 rings (SSSR count). The first kappa shape index (κ1) is 9.40. The van der Waals surface area contributed by atoms with Gasteiger partial charge in [-0.25, -0.2) is 0 Å². The molecule has 0 saturated carbocycles. The van der Waals surface area contributed by atoms with Crippen LogP contribution in [0.5, 0.6) is 0 Å². The van der Waals surface area contributed by atoms with Crippen LogP contribution in [0, 0.1) is 0 Å². The summed E-state index contributed by atoms with van der Waals surface area (Å²) in [6.07, 6.45) is 0.918. The molecule has 0 bridgehead atoms. The predicted octanol–water partition coefficient (Wildman–Crippen LogP) is 0.899. The molecule has 2 saturated heterocycles. The van der Waals surface area contributed by atoms with Crippen molar-refractivity contribution in [2.45, 2.75) is 44.1 Å². The summed E-state index contributed by atoms with van der Waals surface area (Å²) >= 11 is 0. The first-order valence-electron chi connectivity index (χ1n) is 4.62. The second-order valence-corrected chi connectivity index (χ2v) is 3.53. The van der Waals surface area contributed by atoms with Gasteiger partial charge in [0, 0.05) is 14.2 Å². The van der Waals surface area contributed by atoms with Crippen molar-refractivity contribution >= 4 is 0 Å². The Hall–Kier alpha value is -0.160. The summed E-state index contributed by atoms with van der Waals surface area (Å²) in [5, 5.41) is 0.